The Kier molecular flexibility index (Phi) is 5.63. The SMILES string of the molecule is CC1CCCCC1CNC(=O)c1sccc1C#CCO. The van der Waals surface area contributed by atoms with Crippen molar-refractivity contribution in [2.45, 2.75) is 32.6 Å². The molecule has 1 saturated carbocycles. The molecule has 0 spiro atoms. The third-order valence-electron chi connectivity index (χ3n) is 3.99. The highest BCUT2D eigenvalue weighted by atomic mass is 32.1. The van der Waals surface area contributed by atoms with E-state index < -0.39 is 0 Å². The first-order valence-electron chi connectivity index (χ1n) is 7.17. The van der Waals surface area contributed by atoms with Crippen molar-refractivity contribution in [3.63, 3.8) is 0 Å². The number of rotatable bonds is 3. The van der Waals surface area contributed by atoms with Crippen LogP contribution < -0.4 is 5.32 Å². The minimum absolute atomic E-state index is 0.0417. The molecular weight excluding hydrogens is 270 g/mol. The topological polar surface area (TPSA) is 49.3 Å². The van der Waals surface area contributed by atoms with Crippen LogP contribution in [0.15, 0.2) is 11.4 Å². The standard InChI is InChI=1S/C16H21NO2S/c1-12-5-2-3-6-14(12)11-17-16(19)15-13(7-4-9-18)8-10-20-15/h8,10,12,14,18H,2-3,5-6,9,11H2,1H3,(H,17,19). The Morgan fingerprint density at radius 1 is 1.50 bits per heavy atom. The quantitative estimate of drug-likeness (QED) is 0.841. The molecule has 3 nitrogen and oxygen atoms in total. The third kappa shape index (κ3) is 3.84. The molecule has 2 atom stereocenters. The molecule has 2 N–H and O–H groups in total. The van der Waals surface area contributed by atoms with E-state index in [1.165, 1.54) is 37.0 Å². The van der Waals surface area contributed by atoms with Crippen LogP contribution in [0.3, 0.4) is 0 Å². The number of nitrogens with one attached hydrogen (secondary N) is 1. The molecule has 0 aliphatic heterocycles. The average molecular weight is 291 g/mol. The van der Waals surface area contributed by atoms with Gasteiger partial charge in [0.15, 0.2) is 0 Å². The van der Waals surface area contributed by atoms with Crippen LogP contribution in [0.4, 0.5) is 0 Å². The zero-order chi connectivity index (χ0) is 14.4. The van der Waals surface area contributed by atoms with E-state index in [0.717, 1.165) is 6.54 Å². The average Bonchev–Trinajstić information content (AvgIpc) is 2.92. The first-order chi connectivity index (χ1) is 9.72. The first kappa shape index (κ1) is 15.1. The van der Waals surface area contributed by atoms with Crippen LogP contribution in [0, 0.1) is 23.7 Å². The number of aliphatic hydroxyl groups excluding tert-OH is 1. The molecule has 0 radical (unpaired) electrons. The molecule has 1 aromatic heterocycles. The van der Waals surface area contributed by atoms with Gasteiger partial charge in [0, 0.05) is 12.1 Å². The summed E-state index contributed by atoms with van der Waals surface area (Å²) in [5, 5.41) is 13.6. The Bertz CT molecular complexity index is 512. The molecule has 0 saturated heterocycles. The fraction of sp³-hybridized carbons (Fsp3) is 0.562. The van der Waals surface area contributed by atoms with E-state index in [0.29, 0.717) is 22.3 Å². The fourth-order valence-corrected chi connectivity index (χ4v) is 3.48. The zero-order valence-electron chi connectivity index (χ0n) is 11.8. The Labute approximate surface area is 124 Å². The second-order valence-electron chi connectivity index (χ2n) is 5.36. The summed E-state index contributed by atoms with van der Waals surface area (Å²) in [5.41, 5.74) is 0.707. The van der Waals surface area contributed by atoms with Crippen molar-refractivity contribution in [3.8, 4) is 11.8 Å². The van der Waals surface area contributed by atoms with Crippen molar-refractivity contribution in [2.24, 2.45) is 11.8 Å². The molecule has 1 aliphatic carbocycles. The van der Waals surface area contributed by atoms with Crippen molar-refractivity contribution in [2.75, 3.05) is 13.2 Å². The summed E-state index contributed by atoms with van der Waals surface area (Å²) in [5.74, 6) is 6.66. The highest BCUT2D eigenvalue weighted by molar-refractivity contribution is 7.12. The van der Waals surface area contributed by atoms with Gasteiger partial charge < -0.3 is 10.4 Å². The Morgan fingerprint density at radius 3 is 3.05 bits per heavy atom. The lowest BCUT2D eigenvalue weighted by atomic mass is 9.80. The highest BCUT2D eigenvalue weighted by Crippen LogP contribution is 2.29. The van der Waals surface area contributed by atoms with Gasteiger partial charge in [-0.05, 0) is 29.7 Å². The van der Waals surface area contributed by atoms with Crippen molar-refractivity contribution >= 4 is 17.2 Å². The molecule has 1 fully saturated rings. The van der Waals surface area contributed by atoms with Gasteiger partial charge in [0.25, 0.3) is 5.91 Å². The van der Waals surface area contributed by atoms with Crippen LogP contribution >= 0.6 is 11.3 Å². The molecule has 0 bridgehead atoms. The lowest BCUT2D eigenvalue weighted by Gasteiger charge is -2.28. The summed E-state index contributed by atoms with van der Waals surface area (Å²) < 4.78 is 0. The predicted molar refractivity (Wildman–Crippen MR) is 81.7 cm³/mol. The van der Waals surface area contributed by atoms with Crippen molar-refractivity contribution < 1.29 is 9.90 Å². The number of hydrogen-bond donors (Lipinski definition) is 2. The van der Waals surface area contributed by atoms with Crippen LogP contribution in [0.5, 0.6) is 0 Å². The first-order valence-corrected chi connectivity index (χ1v) is 8.05. The van der Waals surface area contributed by atoms with E-state index in [1.807, 2.05) is 11.4 Å². The van der Waals surface area contributed by atoms with E-state index in [2.05, 4.69) is 24.1 Å². The zero-order valence-corrected chi connectivity index (χ0v) is 12.6. The molecule has 2 unspecified atom stereocenters. The Balaban J connectivity index is 1.93. The molecular formula is C16H21NO2S. The van der Waals surface area contributed by atoms with Crippen LogP contribution in [-0.4, -0.2) is 24.2 Å². The maximum absolute atomic E-state index is 12.2. The van der Waals surface area contributed by atoms with Gasteiger partial charge in [-0.2, -0.15) is 0 Å². The number of amides is 1. The summed E-state index contributed by atoms with van der Waals surface area (Å²) in [6.45, 7) is 2.85. The normalized spacial score (nSPS) is 21.9. The number of carbonyl (C=O) groups excluding carboxylic acids is 1. The fourth-order valence-electron chi connectivity index (χ4n) is 2.72. The molecule has 1 aliphatic rings. The van der Waals surface area contributed by atoms with Crippen molar-refractivity contribution in [3.05, 3.63) is 21.9 Å². The van der Waals surface area contributed by atoms with Gasteiger partial charge in [-0.15, -0.1) is 11.3 Å². The van der Waals surface area contributed by atoms with Crippen molar-refractivity contribution in [1.82, 2.24) is 5.32 Å². The van der Waals surface area contributed by atoms with Gasteiger partial charge in [0.05, 0.1) is 0 Å². The monoisotopic (exact) mass is 291 g/mol. The lowest BCUT2D eigenvalue weighted by molar-refractivity contribution is 0.0940. The molecule has 1 heterocycles. The predicted octanol–water partition coefficient (Wildman–Crippen LogP) is 2.65. The van der Waals surface area contributed by atoms with Gasteiger partial charge in [-0.3, -0.25) is 4.79 Å². The minimum Gasteiger partial charge on any atom is -0.384 e. The van der Waals surface area contributed by atoms with Gasteiger partial charge in [-0.25, -0.2) is 0 Å². The van der Waals surface area contributed by atoms with Gasteiger partial charge >= 0.3 is 0 Å². The van der Waals surface area contributed by atoms with E-state index in [4.69, 9.17) is 5.11 Å². The molecule has 1 amide bonds. The van der Waals surface area contributed by atoms with Crippen LogP contribution in [0.1, 0.15) is 47.8 Å². The molecule has 108 valence electrons. The second-order valence-corrected chi connectivity index (χ2v) is 6.27. The van der Waals surface area contributed by atoms with E-state index in [-0.39, 0.29) is 12.5 Å². The summed E-state index contributed by atoms with van der Waals surface area (Å²) >= 11 is 1.40. The number of aliphatic hydroxyl groups is 1. The molecule has 0 aromatic carbocycles. The molecule has 4 heteroatoms. The number of thiophene rings is 1. The van der Waals surface area contributed by atoms with Crippen LogP contribution in [0.2, 0.25) is 0 Å². The maximum atomic E-state index is 12.2. The summed E-state index contributed by atoms with van der Waals surface area (Å²) in [6, 6.07) is 1.82. The van der Waals surface area contributed by atoms with Crippen LogP contribution in [-0.2, 0) is 0 Å². The smallest absolute Gasteiger partial charge is 0.262 e. The van der Waals surface area contributed by atoms with Gasteiger partial charge in [0.2, 0.25) is 0 Å². The highest BCUT2D eigenvalue weighted by Gasteiger charge is 2.22. The van der Waals surface area contributed by atoms with Crippen molar-refractivity contribution in [1.29, 1.82) is 0 Å². The number of carbonyl (C=O) groups is 1. The van der Waals surface area contributed by atoms with E-state index in [9.17, 15) is 4.79 Å². The number of hydrogen-bond acceptors (Lipinski definition) is 3. The molecule has 20 heavy (non-hydrogen) atoms. The largest absolute Gasteiger partial charge is 0.384 e. The Hall–Kier alpha value is -1.31. The Morgan fingerprint density at radius 2 is 2.30 bits per heavy atom. The summed E-state index contributed by atoms with van der Waals surface area (Å²) in [4.78, 5) is 12.9. The maximum Gasteiger partial charge on any atom is 0.262 e. The van der Waals surface area contributed by atoms with Crippen LogP contribution in [0.25, 0.3) is 0 Å². The molecule has 1 aromatic rings. The lowest BCUT2D eigenvalue weighted by Crippen LogP contribution is -2.33. The van der Waals surface area contributed by atoms with E-state index >= 15 is 0 Å². The minimum atomic E-state index is -0.184. The molecule has 2 rings (SSSR count). The summed E-state index contributed by atoms with van der Waals surface area (Å²) in [6.07, 6.45) is 5.07. The second kappa shape index (κ2) is 7.47. The summed E-state index contributed by atoms with van der Waals surface area (Å²) in [7, 11) is 0. The van der Waals surface area contributed by atoms with Gasteiger partial charge in [0.1, 0.15) is 11.5 Å². The third-order valence-corrected chi connectivity index (χ3v) is 4.90. The van der Waals surface area contributed by atoms with E-state index in [1.54, 1.807) is 0 Å². The van der Waals surface area contributed by atoms with Gasteiger partial charge in [-0.1, -0.05) is 38.0 Å².